The topological polar surface area (TPSA) is 4.44 Å². The molecule has 4 heteroatoms. The standard InChI is InChI=1S/C26H53N.C5H14N.2ClH/c1-4-6-7-8-9-10-11-12-13-14-15-16-17-18-19-20-21-22-23-24-26-27(3)25-5-2;1-5-6(2,3)4;;/h5H,2,4,6-26H2,1,3H3;5H2,1-4H3;2*1H/q;+1;;/p-1. The Morgan fingerprint density at radius 3 is 1.03 bits per heavy atom. The lowest BCUT2D eigenvalue weighted by Crippen LogP contribution is -3.08. The molecule has 216 valence electrons. The molecule has 0 aliphatic carbocycles. The molecule has 0 rings (SSSR count). The molecule has 0 spiro atoms. The number of rotatable bonds is 24. The average molecular weight is 540 g/mol. The molecule has 1 N–H and O–H groups in total. The van der Waals surface area contributed by atoms with Gasteiger partial charge >= 0.3 is 0 Å². The highest BCUT2D eigenvalue weighted by Gasteiger charge is 1.99. The zero-order valence-corrected chi connectivity index (χ0v) is 26.8. The fourth-order valence-electron chi connectivity index (χ4n) is 4.03. The van der Waals surface area contributed by atoms with E-state index in [1.807, 2.05) is 6.08 Å². The van der Waals surface area contributed by atoms with Crippen molar-refractivity contribution < 1.29 is 34.2 Å². The van der Waals surface area contributed by atoms with Crippen LogP contribution in [0.4, 0.5) is 0 Å². The van der Waals surface area contributed by atoms with Gasteiger partial charge in [0.1, 0.15) is 0 Å². The van der Waals surface area contributed by atoms with Gasteiger partial charge in [0.05, 0.1) is 47.8 Å². The molecule has 0 amide bonds. The Morgan fingerprint density at radius 1 is 0.543 bits per heavy atom. The molecule has 0 aromatic carbocycles. The molecule has 0 aliphatic heterocycles. The SMILES string of the molecule is C=CC[NH+](C)CCCCCCCCCCCCCCCCCCCCCC.CC[N+](C)(C)C.[Cl-].[Cl-]. The van der Waals surface area contributed by atoms with E-state index in [4.69, 9.17) is 0 Å². The lowest BCUT2D eigenvalue weighted by Gasteiger charge is -2.20. The summed E-state index contributed by atoms with van der Waals surface area (Å²) in [5, 5.41) is 0. The van der Waals surface area contributed by atoms with Crippen LogP contribution in [0.25, 0.3) is 0 Å². The van der Waals surface area contributed by atoms with E-state index in [0.29, 0.717) is 0 Å². The van der Waals surface area contributed by atoms with Gasteiger partial charge in [-0.3, -0.25) is 0 Å². The van der Waals surface area contributed by atoms with E-state index in [2.05, 4.69) is 48.6 Å². The Labute approximate surface area is 236 Å². The Kier molecular flexibility index (Phi) is 41.4. The maximum atomic E-state index is 3.81. The quantitative estimate of drug-likeness (QED) is 0.109. The molecule has 1 unspecified atom stereocenters. The first-order chi connectivity index (χ1) is 15.9. The first-order valence-electron chi connectivity index (χ1n) is 15.1. The first-order valence-corrected chi connectivity index (χ1v) is 15.1. The Bertz CT molecular complexity index is 369. The van der Waals surface area contributed by atoms with Crippen LogP contribution in [0.2, 0.25) is 0 Å². The molecule has 0 fully saturated rings. The van der Waals surface area contributed by atoms with Crippen molar-refractivity contribution in [2.45, 2.75) is 142 Å². The molecule has 0 saturated carbocycles. The van der Waals surface area contributed by atoms with Crippen molar-refractivity contribution in [3.63, 3.8) is 0 Å². The number of hydrogen-bond acceptors (Lipinski definition) is 0. The number of quaternary nitrogens is 2. The molecule has 0 radical (unpaired) electrons. The predicted molar refractivity (Wildman–Crippen MR) is 153 cm³/mol. The van der Waals surface area contributed by atoms with Crippen molar-refractivity contribution in [3.05, 3.63) is 12.7 Å². The van der Waals surface area contributed by atoms with Gasteiger partial charge in [-0.1, -0.05) is 129 Å². The highest BCUT2D eigenvalue weighted by atomic mass is 35.5. The zero-order valence-electron chi connectivity index (χ0n) is 25.3. The van der Waals surface area contributed by atoms with Crippen LogP contribution in [-0.4, -0.2) is 52.3 Å². The molecule has 0 aliphatic rings. The number of hydrogen-bond donors (Lipinski definition) is 1. The number of nitrogens with one attached hydrogen (secondary N) is 1. The van der Waals surface area contributed by atoms with E-state index in [-0.39, 0.29) is 24.8 Å². The van der Waals surface area contributed by atoms with Crippen LogP contribution in [-0.2, 0) is 0 Å². The average Bonchev–Trinajstić information content (AvgIpc) is 2.78. The molecular weight excluding hydrogens is 471 g/mol. The van der Waals surface area contributed by atoms with Gasteiger partial charge < -0.3 is 34.2 Å². The molecule has 1 atom stereocenters. The van der Waals surface area contributed by atoms with E-state index in [0.717, 1.165) is 11.0 Å². The number of likely N-dealkylation sites (N-methyl/N-ethyl adjacent to an activating group) is 1. The summed E-state index contributed by atoms with van der Waals surface area (Å²) in [6.45, 7) is 11.9. The van der Waals surface area contributed by atoms with Gasteiger partial charge in [-0.15, -0.1) is 0 Å². The Morgan fingerprint density at radius 2 is 0.800 bits per heavy atom. The molecule has 0 aromatic heterocycles. The van der Waals surface area contributed by atoms with E-state index in [9.17, 15) is 0 Å². The van der Waals surface area contributed by atoms with Crippen molar-refractivity contribution in [1.82, 2.24) is 0 Å². The molecular formula is C31H68Cl2N2. The van der Waals surface area contributed by atoms with Gasteiger partial charge in [-0.2, -0.15) is 0 Å². The monoisotopic (exact) mass is 538 g/mol. The van der Waals surface area contributed by atoms with Crippen LogP contribution in [0.15, 0.2) is 12.7 Å². The second-order valence-electron chi connectivity index (χ2n) is 11.5. The van der Waals surface area contributed by atoms with E-state index < -0.39 is 0 Å². The second-order valence-corrected chi connectivity index (χ2v) is 11.5. The van der Waals surface area contributed by atoms with Crippen molar-refractivity contribution in [1.29, 1.82) is 0 Å². The van der Waals surface area contributed by atoms with E-state index in [1.54, 1.807) is 4.90 Å². The summed E-state index contributed by atoms with van der Waals surface area (Å²) in [7, 11) is 8.82. The summed E-state index contributed by atoms with van der Waals surface area (Å²) in [5.74, 6) is 0. The normalized spacial score (nSPS) is 11.6. The Balaban J connectivity index is -0.000000530. The van der Waals surface area contributed by atoms with Gasteiger partial charge in [0.2, 0.25) is 0 Å². The van der Waals surface area contributed by atoms with Crippen LogP contribution < -0.4 is 29.7 Å². The zero-order chi connectivity index (χ0) is 25.0. The predicted octanol–water partition coefficient (Wildman–Crippen LogP) is 2.23. The van der Waals surface area contributed by atoms with Gasteiger partial charge in [-0.25, -0.2) is 0 Å². The van der Waals surface area contributed by atoms with Crippen LogP contribution in [0, 0.1) is 0 Å². The second kappa shape index (κ2) is 34.2. The molecule has 35 heavy (non-hydrogen) atoms. The van der Waals surface area contributed by atoms with Gasteiger partial charge in [0.25, 0.3) is 0 Å². The van der Waals surface area contributed by atoms with E-state index in [1.165, 1.54) is 142 Å². The summed E-state index contributed by atoms with van der Waals surface area (Å²) >= 11 is 0. The summed E-state index contributed by atoms with van der Waals surface area (Å²) < 4.78 is 1.07. The van der Waals surface area contributed by atoms with Gasteiger partial charge in [-0.05, 0) is 25.8 Å². The fraction of sp³-hybridized carbons (Fsp3) is 0.935. The molecule has 0 heterocycles. The fourth-order valence-corrected chi connectivity index (χ4v) is 4.03. The van der Waals surface area contributed by atoms with Crippen LogP contribution in [0.5, 0.6) is 0 Å². The maximum absolute atomic E-state index is 3.81. The molecule has 2 nitrogen and oxygen atoms in total. The third kappa shape index (κ3) is 44.6. The highest BCUT2D eigenvalue weighted by Crippen LogP contribution is 2.14. The lowest BCUT2D eigenvalue weighted by atomic mass is 10.0. The van der Waals surface area contributed by atoms with Crippen LogP contribution in [0.3, 0.4) is 0 Å². The van der Waals surface area contributed by atoms with Crippen LogP contribution in [0.1, 0.15) is 142 Å². The third-order valence-electron chi connectivity index (χ3n) is 6.90. The smallest absolute Gasteiger partial charge is 0.0953 e. The van der Waals surface area contributed by atoms with Crippen LogP contribution >= 0.6 is 0 Å². The minimum Gasteiger partial charge on any atom is -1.00 e. The minimum absolute atomic E-state index is 0. The highest BCUT2D eigenvalue weighted by molar-refractivity contribution is 4.62. The van der Waals surface area contributed by atoms with Crippen molar-refractivity contribution >= 4 is 0 Å². The number of unbranched alkanes of at least 4 members (excludes halogenated alkanes) is 19. The first kappa shape index (κ1) is 42.3. The van der Waals surface area contributed by atoms with E-state index >= 15 is 0 Å². The summed E-state index contributed by atoms with van der Waals surface area (Å²) in [5.41, 5.74) is 0. The summed E-state index contributed by atoms with van der Waals surface area (Å²) in [6, 6.07) is 0. The maximum Gasteiger partial charge on any atom is 0.0953 e. The molecule has 0 bridgehead atoms. The summed E-state index contributed by atoms with van der Waals surface area (Å²) in [6.07, 6.45) is 31.3. The van der Waals surface area contributed by atoms with Crippen molar-refractivity contribution in [2.24, 2.45) is 0 Å². The number of halogens is 2. The molecule has 0 aromatic rings. The van der Waals surface area contributed by atoms with Gasteiger partial charge in [0, 0.05) is 0 Å². The molecule has 0 saturated heterocycles. The van der Waals surface area contributed by atoms with Crippen molar-refractivity contribution in [3.8, 4) is 0 Å². The number of nitrogens with zero attached hydrogens (tertiary/aromatic N) is 1. The Hall–Kier alpha value is 0.240. The largest absolute Gasteiger partial charge is 1.00 e. The third-order valence-corrected chi connectivity index (χ3v) is 6.90. The minimum atomic E-state index is 0. The lowest BCUT2D eigenvalue weighted by molar-refractivity contribution is -0.873. The van der Waals surface area contributed by atoms with Crippen molar-refractivity contribution in [2.75, 3.05) is 47.8 Å². The summed E-state index contributed by atoms with van der Waals surface area (Å²) in [4.78, 5) is 1.60. The van der Waals surface area contributed by atoms with Gasteiger partial charge in [0.15, 0.2) is 0 Å².